The van der Waals surface area contributed by atoms with E-state index in [0.717, 1.165) is 31.4 Å². The van der Waals surface area contributed by atoms with Crippen LogP contribution in [0, 0.1) is 0 Å². The van der Waals surface area contributed by atoms with Crippen LogP contribution in [0.25, 0.3) is 0 Å². The van der Waals surface area contributed by atoms with Gasteiger partial charge in [0.05, 0.1) is 10.7 Å². The summed E-state index contributed by atoms with van der Waals surface area (Å²) in [5.74, 6) is 0. The van der Waals surface area contributed by atoms with E-state index in [4.69, 9.17) is 11.6 Å². The van der Waals surface area contributed by atoms with Gasteiger partial charge in [-0.2, -0.15) is 0 Å². The molecular weight excluding hydrogens is 210 g/mol. The fraction of sp³-hybridized carbons (Fsp3) is 0.417. The minimum Gasteiger partial charge on any atom is -0.373 e. The Bertz CT molecular complexity index is 338. The first kappa shape index (κ1) is 12.1. The number of nitrogens with zero attached hydrogens (tertiary/aromatic N) is 1. The molecule has 15 heavy (non-hydrogen) atoms. The maximum absolute atomic E-state index is 10.5. The number of hydrogen-bond donors (Lipinski definition) is 0. The van der Waals surface area contributed by atoms with Gasteiger partial charge in [-0.15, -0.1) is 0 Å². The number of rotatable bonds is 5. The van der Waals surface area contributed by atoms with E-state index < -0.39 is 0 Å². The molecule has 0 fully saturated rings. The topological polar surface area (TPSA) is 20.3 Å². The van der Waals surface area contributed by atoms with Crippen LogP contribution in [0.15, 0.2) is 18.2 Å². The van der Waals surface area contributed by atoms with Gasteiger partial charge in [0, 0.05) is 19.2 Å². The van der Waals surface area contributed by atoms with E-state index in [0.29, 0.717) is 10.6 Å². The molecule has 1 rings (SSSR count). The van der Waals surface area contributed by atoms with E-state index in [1.165, 1.54) is 0 Å². The van der Waals surface area contributed by atoms with Crippen molar-refractivity contribution < 1.29 is 4.79 Å². The molecule has 82 valence electrons. The Balaban J connectivity index is 2.80. The summed E-state index contributed by atoms with van der Waals surface area (Å²) in [6.45, 7) is 3.14. The largest absolute Gasteiger partial charge is 0.373 e. The maximum Gasteiger partial charge on any atom is 0.150 e. The van der Waals surface area contributed by atoms with E-state index in [9.17, 15) is 4.79 Å². The van der Waals surface area contributed by atoms with Gasteiger partial charge in [0.25, 0.3) is 0 Å². The molecular formula is C12H16ClNO. The summed E-state index contributed by atoms with van der Waals surface area (Å²) >= 11 is 6.08. The first-order chi connectivity index (χ1) is 7.19. The van der Waals surface area contributed by atoms with Crippen molar-refractivity contribution in [2.45, 2.75) is 19.8 Å². The van der Waals surface area contributed by atoms with Crippen molar-refractivity contribution in [1.82, 2.24) is 0 Å². The molecule has 0 aliphatic carbocycles. The molecule has 1 aromatic rings. The second kappa shape index (κ2) is 5.76. The Morgan fingerprint density at radius 1 is 1.47 bits per heavy atom. The average molecular weight is 226 g/mol. The van der Waals surface area contributed by atoms with Crippen LogP contribution in [0.5, 0.6) is 0 Å². The Morgan fingerprint density at radius 3 is 2.73 bits per heavy atom. The van der Waals surface area contributed by atoms with Gasteiger partial charge in [-0.05, 0) is 24.6 Å². The van der Waals surface area contributed by atoms with Crippen molar-refractivity contribution in [3.05, 3.63) is 28.8 Å². The Kier molecular flexibility index (Phi) is 4.63. The molecule has 0 unspecified atom stereocenters. The van der Waals surface area contributed by atoms with E-state index in [1.807, 2.05) is 13.1 Å². The predicted octanol–water partition coefficient (Wildman–Crippen LogP) is 3.39. The van der Waals surface area contributed by atoms with Gasteiger partial charge >= 0.3 is 0 Å². The van der Waals surface area contributed by atoms with Crippen molar-refractivity contribution in [1.29, 1.82) is 0 Å². The van der Waals surface area contributed by atoms with Crippen LogP contribution in [0.3, 0.4) is 0 Å². The van der Waals surface area contributed by atoms with Gasteiger partial charge in [0.1, 0.15) is 6.29 Å². The lowest BCUT2D eigenvalue weighted by Crippen LogP contribution is -2.18. The van der Waals surface area contributed by atoms with Gasteiger partial charge in [0.2, 0.25) is 0 Å². The standard InChI is InChI=1S/C12H16ClNO/c1-3-4-7-14(2)12-6-5-10(9-15)8-11(12)13/h5-6,8-9H,3-4,7H2,1-2H3. The summed E-state index contributed by atoms with van der Waals surface area (Å²) in [5.41, 5.74) is 1.60. The van der Waals surface area contributed by atoms with E-state index >= 15 is 0 Å². The number of anilines is 1. The third kappa shape index (κ3) is 3.24. The lowest BCUT2D eigenvalue weighted by Gasteiger charge is -2.20. The van der Waals surface area contributed by atoms with Gasteiger partial charge in [0.15, 0.2) is 0 Å². The number of unbranched alkanes of at least 4 members (excludes halogenated alkanes) is 1. The van der Waals surface area contributed by atoms with E-state index in [1.54, 1.807) is 12.1 Å². The van der Waals surface area contributed by atoms with Gasteiger partial charge in [-0.1, -0.05) is 24.9 Å². The molecule has 0 aliphatic rings. The molecule has 1 aromatic carbocycles. The first-order valence-electron chi connectivity index (χ1n) is 5.15. The van der Waals surface area contributed by atoms with Crippen molar-refractivity contribution in [2.75, 3.05) is 18.5 Å². The number of carbonyl (C=O) groups excluding carboxylic acids is 1. The molecule has 0 aromatic heterocycles. The maximum atomic E-state index is 10.5. The minimum atomic E-state index is 0.618. The summed E-state index contributed by atoms with van der Waals surface area (Å²) < 4.78 is 0. The molecule has 0 radical (unpaired) electrons. The molecule has 3 heteroatoms. The summed E-state index contributed by atoms with van der Waals surface area (Å²) in [6, 6.07) is 5.38. The number of hydrogen-bond acceptors (Lipinski definition) is 2. The molecule has 0 amide bonds. The zero-order valence-corrected chi connectivity index (χ0v) is 9.92. The lowest BCUT2D eigenvalue weighted by molar-refractivity contribution is 0.112. The van der Waals surface area contributed by atoms with Gasteiger partial charge < -0.3 is 4.90 Å². The summed E-state index contributed by atoms with van der Waals surface area (Å²) in [6.07, 6.45) is 3.11. The van der Waals surface area contributed by atoms with Crippen LogP contribution in [0.1, 0.15) is 30.1 Å². The second-order valence-corrected chi connectivity index (χ2v) is 4.01. The quantitative estimate of drug-likeness (QED) is 0.716. The van der Waals surface area contributed by atoms with Crippen LogP contribution in [0.2, 0.25) is 5.02 Å². The van der Waals surface area contributed by atoms with E-state index in [-0.39, 0.29) is 0 Å². The van der Waals surface area contributed by atoms with Gasteiger partial charge in [-0.25, -0.2) is 0 Å². The highest BCUT2D eigenvalue weighted by Crippen LogP contribution is 2.25. The first-order valence-corrected chi connectivity index (χ1v) is 5.52. The molecule has 0 saturated carbocycles. The Morgan fingerprint density at radius 2 is 2.20 bits per heavy atom. The Hall–Kier alpha value is -1.02. The third-order valence-electron chi connectivity index (χ3n) is 2.37. The average Bonchev–Trinajstić information content (AvgIpc) is 2.25. The number of carbonyl (C=O) groups is 1. The summed E-state index contributed by atoms with van der Waals surface area (Å²) in [4.78, 5) is 12.7. The smallest absolute Gasteiger partial charge is 0.150 e. The highest BCUT2D eigenvalue weighted by molar-refractivity contribution is 6.33. The monoisotopic (exact) mass is 225 g/mol. The lowest BCUT2D eigenvalue weighted by atomic mass is 10.2. The fourth-order valence-corrected chi connectivity index (χ4v) is 1.76. The molecule has 0 aliphatic heterocycles. The SMILES string of the molecule is CCCCN(C)c1ccc(C=O)cc1Cl. The number of benzene rings is 1. The molecule has 0 N–H and O–H groups in total. The highest BCUT2D eigenvalue weighted by atomic mass is 35.5. The molecule has 2 nitrogen and oxygen atoms in total. The van der Waals surface area contributed by atoms with Crippen molar-refractivity contribution in [2.24, 2.45) is 0 Å². The molecule has 0 bridgehead atoms. The molecule has 0 spiro atoms. The van der Waals surface area contributed by atoms with Crippen molar-refractivity contribution in [3.63, 3.8) is 0 Å². The van der Waals surface area contributed by atoms with Gasteiger partial charge in [-0.3, -0.25) is 4.79 Å². The summed E-state index contributed by atoms with van der Waals surface area (Å²) in [7, 11) is 2.01. The highest BCUT2D eigenvalue weighted by Gasteiger charge is 2.05. The zero-order valence-electron chi connectivity index (χ0n) is 9.16. The molecule has 0 heterocycles. The fourth-order valence-electron chi connectivity index (χ4n) is 1.42. The molecule has 0 atom stereocenters. The number of aldehydes is 1. The number of halogens is 1. The summed E-state index contributed by atoms with van der Waals surface area (Å²) in [5, 5.41) is 0.637. The third-order valence-corrected chi connectivity index (χ3v) is 2.67. The second-order valence-electron chi connectivity index (χ2n) is 3.60. The van der Waals surface area contributed by atoms with Crippen LogP contribution < -0.4 is 4.90 Å². The minimum absolute atomic E-state index is 0.618. The normalized spacial score (nSPS) is 10.1. The zero-order chi connectivity index (χ0) is 11.3. The molecule has 0 saturated heterocycles. The Labute approximate surface area is 95.8 Å². The van der Waals surface area contributed by atoms with Crippen LogP contribution >= 0.6 is 11.6 Å². The van der Waals surface area contributed by atoms with Crippen molar-refractivity contribution in [3.8, 4) is 0 Å². The van der Waals surface area contributed by atoms with Crippen LogP contribution in [0.4, 0.5) is 5.69 Å². The predicted molar refractivity (Wildman–Crippen MR) is 65.0 cm³/mol. The van der Waals surface area contributed by atoms with E-state index in [2.05, 4.69) is 11.8 Å². The van der Waals surface area contributed by atoms with Crippen LogP contribution in [-0.4, -0.2) is 19.9 Å². The van der Waals surface area contributed by atoms with Crippen LogP contribution in [-0.2, 0) is 0 Å². The van der Waals surface area contributed by atoms with Crippen molar-refractivity contribution >= 4 is 23.6 Å².